The maximum atomic E-state index is 5.73. The van der Waals surface area contributed by atoms with E-state index < -0.39 is 0 Å². The maximum Gasteiger partial charge on any atom is 0.239 e. The molecule has 0 aliphatic carbocycles. The topological polar surface area (TPSA) is 74.3 Å². The highest BCUT2D eigenvalue weighted by Crippen LogP contribution is 2.38. The second kappa shape index (κ2) is 6.88. The molecule has 2 aromatic heterocycles. The van der Waals surface area contributed by atoms with Gasteiger partial charge in [-0.05, 0) is 31.2 Å². The van der Waals surface area contributed by atoms with Crippen molar-refractivity contribution < 1.29 is 13.9 Å². The average molecular weight is 346 g/mol. The summed E-state index contributed by atoms with van der Waals surface area (Å²) in [4.78, 5) is 0. The zero-order valence-electron chi connectivity index (χ0n) is 13.9. The van der Waals surface area contributed by atoms with Gasteiger partial charge in [0.2, 0.25) is 11.8 Å². The van der Waals surface area contributed by atoms with E-state index in [-0.39, 0.29) is 0 Å². The van der Waals surface area contributed by atoms with Crippen molar-refractivity contribution in [3.63, 3.8) is 0 Å². The van der Waals surface area contributed by atoms with Gasteiger partial charge in [-0.1, -0.05) is 18.0 Å². The second-order valence-electron chi connectivity index (χ2n) is 4.91. The predicted octanol–water partition coefficient (Wildman–Crippen LogP) is 3.54. The Hall–Kier alpha value is -2.61. The summed E-state index contributed by atoms with van der Waals surface area (Å²) >= 11 is 1.42. The number of benzene rings is 1. The van der Waals surface area contributed by atoms with Crippen molar-refractivity contribution in [3.8, 4) is 28.8 Å². The molecule has 3 rings (SSSR count). The molecule has 3 aromatic rings. The first kappa shape index (κ1) is 16.3. The van der Waals surface area contributed by atoms with Crippen LogP contribution >= 0.6 is 11.9 Å². The third kappa shape index (κ3) is 2.80. The van der Waals surface area contributed by atoms with Gasteiger partial charge in [0.05, 0.1) is 14.2 Å². The lowest BCUT2D eigenvalue weighted by Gasteiger charge is -2.16. The molecular formula is C16H18N4O3S. The molecule has 0 saturated heterocycles. The van der Waals surface area contributed by atoms with Gasteiger partial charge in [-0.2, -0.15) is 0 Å². The minimum absolute atomic E-state index is 0.550. The molecule has 0 aliphatic heterocycles. The first-order valence-electron chi connectivity index (χ1n) is 7.22. The van der Waals surface area contributed by atoms with E-state index in [0.717, 1.165) is 5.76 Å². The Bertz CT molecular complexity index is 821. The fourth-order valence-electron chi connectivity index (χ4n) is 2.42. The fourth-order valence-corrected chi connectivity index (χ4v) is 2.73. The number of furan rings is 1. The van der Waals surface area contributed by atoms with E-state index in [9.17, 15) is 0 Å². The molecule has 0 spiro atoms. The van der Waals surface area contributed by atoms with Gasteiger partial charge in [0.15, 0.2) is 5.76 Å². The van der Waals surface area contributed by atoms with Crippen LogP contribution in [0.15, 0.2) is 34.7 Å². The molecule has 0 unspecified atom stereocenters. The van der Waals surface area contributed by atoms with Crippen molar-refractivity contribution in [3.05, 3.63) is 36.1 Å². The summed E-state index contributed by atoms with van der Waals surface area (Å²) in [6.07, 6.45) is 1.91. The Kier molecular flexibility index (Phi) is 4.66. The molecule has 0 atom stereocenters. The summed E-state index contributed by atoms with van der Waals surface area (Å²) < 4.78 is 21.7. The van der Waals surface area contributed by atoms with E-state index in [1.54, 1.807) is 14.2 Å². The third-order valence-corrected chi connectivity index (χ3v) is 3.83. The van der Waals surface area contributed by atoms with Crippen LogP contribution in [0.2, 0.25) is 0 Å². The minimum Gasteiger partial charge on any atom is -0.494 e. The Morgan fingerprint density at radius 3 is 2.33 bits per heavy atom. The molecule has 8 heteroatoms. The number of nitrogens with one attached hydrogen (secondary N) is 1. The summed E-state index contributed by atoms with van der Waals surface area (Å²) in [7, 11) is 3.22. The van der Waals surface area contributed by atoms with Crippen LogP contribution < -0.4 is 14.2 Å². The molecular weight excluding hydrogens is 328 g/mol. The van der Waals surface area contributed by atoms with Gasteiger partial charge in [0, 0.05) is 6.26 Å². The highest BCUT2D eigenvalue weighted by Gasteiger charge is 2.23. The molecule has 0 saturated carbocycles. The third-order valence-electron chi connectivity index (χ3n) is 3.44. The monoisotopic (exact) mass is 346 g/mol. The molecule has 0 bridgehead atoms. The van der Waals surface area contributed by atoms with Crippen molar-refractivity contribution in [1.29, 1.82) is 0 Å². The van der Waals surface area contributed by atoms with Gasteiger partial charge in [0.25, 0.3) is 0 Å². The van der Waals surface area contributed by atoms with Crippen LogP contribution in [0, 0.1) is 6.92 Å². The molecule has 0 fully saturated rings. The van der Waals surface area contributed by atoms with E-state index in [1.165, 1.54) is 11.9 Å². The van der Waals surface area contributed by atoms with Crippen molar-refractivity contribution >= 4 is 17.9 Å². The number of anilines is 1. The van der Waals surface area contributed by atoms with E-state index in [4.69, 9.17) is 13.9 Å². The zero-order chi connectivity index (χ0) is 17.1. The molecule has 7 nitrogen and oxygen atoms in total. The minimum atomic E-state index is 0.550. The van der Waals surface area contributed by atoms with Crippen LogP contribution in [0.1, 0.15) is 5.76 Å². The number of hydrogen-bond donors (Lipinski definition) is 1. The molecule has 0 aliphatic rings. The molecule has 1 N–H and O–H groups in total. The highest BCUT2D eigenvalue weighted by atomic mass is 32.2. The predicted molar refractivity (Wildman–Crippen MR) is 94.0 cm³/mol. The lowest BCUT2D eigenvalue weighted by Crippen LogP contribution is -2.06. The van der Waals surface area contributed by atoms with Crippen molar-refractivity contribution in [1.82, 2.24) is 14.8 Å². The quantitative estimate of drug-likeness (QED) is 0.684. The van der Waals surface area contributed by atoms with Crippen LogP contribution in [0.3, 0.4) is 0 Å². The number of ether oxygens (including phenoxy) is 2. The van der Waals surface area contributed by atoms with E-state index in [1.807, 2.05) is 48.1 Å². The van der Waals surface area contributed by atoms with Gasteiger partial charge < -0.3 is 13.9 Å². The summed E-state index contributed by atoms with van der Waals surface area (Å²) in [6, 6.07) is 9.33. The van der Waals surface area contributed by atoms with Gasteiger partial charge in [-0.3, -0.25) is 9.29 Å². The van der Waals surface area contributed by atoms with Gasteiger partial charge >= 0.3 is 0 Å². The Morgan fingerprint density at radius 1 is 1.08 bits per heavy atom. The highest BCUT2D eigenvalue weighted by molar-refractivity contribution is 7.99. The molecule has 24 heavy (non-hydrogen) atoms. The van der Waals surface area contributed by atoms with Gasteiger partial charge in [-0.15, -0.1) is 10.2 Å². The number of hydrogen-bond acceptors (Lipinski definition) is 7. The fraction of sp³-hybridized carbons (Fsp3) is 0.250. The van der Waals surface area contributed by atoms with Crippen LogP contribution in [-0.4, -0.2) is 35.2 Å². The van der Waals surface area contributed by atoms with Crippen LogP contribution in [-0.2, 0) is 0 Å². The standard InChI is InChI=1S/C16H18N4O3S/c1-10-8-9-13(23-10)15-17-18-16(19-24-4)20(15)14-11(21-2)6-5-7-12(14)22-3/h5-9H,1-4H3,(H,18,19). The summed E-state index contributed by atoms with van der Waals surface area (Å²) in [6.45, 7) is 1.88. The molecule has 2 heterocycles. The van der Waals surface area contributed by atoms with Crippen molar-refractivity contribution in [2.24, 2.45) is 0 Å². The van der Waals surface area contributed by atoms with Crippen molar-refractivity contribution in [2.45, 2.75) is 6.92 Å². The second-order valence-corrected chi connectivity index (χ2v) is 5.52. The SMILES string of the molecule is COc1cccc(OC)c1-n1c(NSC)nnc1-c1ccc(C)o1. The average Bonchev–Trinajstić information content (AvgIpc) is 3.20. The molecule has 0 amide bonds. The van der Waals surface area contributed by atoms with Gasteiger partial charge in [0.1, 0.15) is 22.9 Å². The number of para-hydroxylation sites is 1. The number of aryl methyl sites for hydroxylation is 1. The Labute approximate surface area is 144 Å². The number of aromatic nitrogens is 3. The van der Waals surface area contributed by atoms with E-state index in [0.29, 0.717) is 34.7 Å². The van der Waals surface area contributed by atoms with Gasteiger partial charge in [-0.25, -0.2) is 0 Å². The first-order valence-corrected chi connectivity index (χ1v) is 8.44. The number of rotatable bonds is 6. The van der Waals surface area contributed by atoms with Crippen molar-refractivity contribution in [2.75, 3.05) is 25.2 Å². The van der Waals surface area contributed by atoms with Crippen LogP contribution in [0.25, 0.3) is 17.3 Å². The normalized spacial score (nSPS) is 10.7. The smallest absolute Gasteiger partial charge is 0.239 e. The van der Waals surface area contributed by atoms with Crippen LogP contribution in [0.5, 0.6) is 11.5 Å². The summed E-state index contributed by atoms with van der Waals surface area (Å²) in [5.74, 6) is 3.80. The Morgan fingerprint density at radius 2 is 1.79 bits per heavy atom. The summed E-state index contributed by atoms with van der Waals surface area (Å²) in [5, 5.41) is 8.51. The number of nitrogens with zero attached hydrogens (tertiary/aromatic N) is 3. The molecule has 126 valence electrons. The molecule has 1 aromatic carbocycles. The lowest BCUT2D eigenvalue weighted by molar-refractivity contribution is 0.391. The number of methoxy groups -OCH3 is 2. The maximum absolute atomic E-state index is 5.73. The van der Waals surface area contributed by atoms with E-state index in [2.05, 4.69) is 14.9 Å². The molecule has 0 radical (unpaired) electrons. The first-order chi connectivity index (χ1) is 11.7. The van der Waals surface area contributed by atoms with Crippen LogP contribution in [0.4, 0.5) is 5.95 Å². The Balaban J connectivity index is 2.28. The summed E-state index contributed by atoms with van der Waals surface area (Å²) in [5.41, 5.74) is 0.702. The lowest BCUT2D eigenvalue weighted by atomic mass is 10.2. The largest absolute Gasteiger partial charge is 0.494 e. The zero-order valence-corrected chi connectivity index (χ0v) is 14.7. The van der Waals surface area contributed by atoms with E-state index >= 15 is 0 Å².